The molecule has 1 N–H and O–H groups in total. The molecular formula is C25H25N5O. The van der Waals surface area contributed by atoms with Crippen LogP contribution < -0.4 is 4.90 Å². The van der Waals surface area contributed by atoms with E-state index in [1.807, 2.05) is 35.4 Å². The molecule has 0 bridgehead atoms. The van der Waals surface area contributed by atoms with Crippen molar-refractivity contribution in [2.75, 3.05) is 24.5 Å². The predicted molar refractivity (Wildman–Crippen MR) is 122 cm³/mol. The summed E-state index contributed by atoms with van der Waals surface area (Å²) >= 11 is 0. The van der Waals surface area contributed by atoms with E-state index in [9.17, 15) is 10.1 Å². The zero-order chi connectivity index (χ0) is 21.8. The van der Waals surface area contributed by atoms with Crippen LogP contribution in [0.5, 0.6) is 0 Å². The number of carbonyl (C=O) groups is 1. The molecule has 2 aliphatic heterocycles. The summed E-state index contributed by atoms with van der Waals surface area (Å²) < 4.78 is 0. The van der Waals surface area contributed by atoms with Gasteiger partial charge in [0.15, 0.2) is 0 Å². The number of aryl methyl sites for hydroxylation is 1. The van der Waals surface area contributed by atoms with Crippen LogP contribution in [0, 0.1) is 23.7 Å². The van der Waals surface area contributed by atoms with Gasteiger partial charge in [0.25, 0.3) is 0 Å². The Balaban J connectivity index is 1.52. The van der Waals surface area contributed by atoms with Crippen LogP contribution in [-0.4, -0.2) is 46.7 Å². The maximum atomic E-state index is 12.1. The number of hydrogen-bond donors (Lipinski definition) is 1. The van der Waals surface area contributed by atoms with Gasteiger partial charge in [0.2, 0.25) is 5.91 Å². The van der Waals surface area contributed by atoms with Crippen LogP contribution in [0.4, 0.5) is 5.69 Å². The number of anilines is 1. The molecule has 2 aliphatic rings. The van der Waals surface area contributed by atoms with E-state index >= 15 is 0 Å². The number of nitrogens with one attached hydrogen (secondary N) is 1. The van der Waals surface area contributed by atoms with Crippen molar-refractivity contribution in [2.45, 2.75) is 26.3 Å². The number of amides is 1. The quantitative estimate of drug-likeness (QED) is 0.661. The number of nitrogens with zero attached hydrogens (tertiary/aromatic N) is 4. The van der Waals surface area contributed by atoms with Crippen LogP contribution >= 0.6 is 0 Å². The standard InChI is InChI=1S/C25H25N5O/c1-4-23(31)30-15-25(17(30)3)10-11-29(14-25)22-7-5-6-18(19(22)12-26)24-16(2)8-9-21-20(24)13-27-28-21/h4-9,13,17H,1,10-11,14-15H2,2-3H3,(H,27,28). The Morgan fingerprint density at radius 3 is 2.94 bits per heavy atom. The number of nitriles is 1. The van der Waals surface area contributed by atoms with Gasteiger partial charge < -0.3 is 9.80 Å². The van der Waals surface area contributed by atoms with E-state index in [0.29, 0.717) is 5.56 Å². The van der Waals surface area contributed by atoms with Crippen LogP contribution in [-0.2, 0) is 4.79 Å². The lowest BCUT2D eigenvalue weighted by Crippen LogP contribution is -2.65. The fourth-order valence-corrected chi connectivity index (χ4v) is 5.40. The minimum atomic E-state index is -0.0000295. The summed E-state index contributed by atoms with van der Waals surface area (Å²) in [5.74, 6) is -0.0000295. The molecule has 1 aromatic heterocycles. The number of rotatable bonds is 3. The third-order valence-corrected chi connectivity index (χ3v) is 7.28. The van der Waals surface area contributed by atoms with Crippen molar-refractivity contribution in [1.29, 1.82) is 5.26 Å². The molecule has 156 valence electrons. The Bertz CT molecular complexity index is 1250. The van der Waals surface area contributed by atoms with Crippen LogP contribution in [0.25, 0.3) is 22.0 Å². The topological polar surface area (TPSA) is 76.0 Å². The largest absolute Gasteiger partial charge is 0.370 e. The van der Waals surface area contributed by atoms with E-state index in [4.69, 9.17) is 0 Å². The summed E-state index contributed by atoms with van der Waals surface area (Å²) in [4.78, 5) is 16.3. The Labute approximate surface area is 181 Å². The van der Waals surface area contributed by atoms with Gasteiger partial charge in [-0.05, 0) is 49.6 Å². The van der Waals surface area contributed by atoms with Crippen LogP contribution in [0.2, 0.25) is 0 Å². The molecule has 1 spiro atoms. The van der Waals surface area contributed by atoms with Crippen molar-refractivity contribution < 1.29 is 4.79 Å². The Morgan fingerprint density at radius 1 is 1.35 bits per heavy atom. The van der Waals surface area contributed by atoms with E-state index in [1.165, 1.54) is 6.08 Å². The highest BCUT2D eigenvalue weighted by Crippen LogP contribution is 2.47. The predicted octanol–water partition coefficient (Wildman–Crippen LogP) is 4.02. The lowest BCUT2D eigenvalue weighted by Gasteiger charge is -2.54. The first-order valence-corrected chi connectivity index (χ1v) is 10.6. The molecule has 0 saturated carbocycles. The maximum Gasteiger partial charge on any atom is 0.246 e. The second-order valence-electron chi connectivity index (χ2n) is 8.78. The van der Waals surface area contributed by atoms with Gasteiger partial charge >= 0.3 is 0 Å². The first-order chi connectivity index (χ1) is 15.0. The lowest BCUT2D eigenvalue weighted by molar-refractivity contribution is -0.145. The Hall–Kier alpha value is -3.59. The van der Waals surface area contributed by atoms with E-state index in [2.05, 4.69) is 47.7 Å². The SMILES string of the molecule is C=CC(=O)N1CC2(CCN(c3cccc(-c4c(C)ccc5[nH]ncc45)c3C#N)C2)C1C. The van der Waals surface area contributed by atoms with Crippen molar-refractivity contribution in [3.8, 4) is 17.2 Å². The first-order valence-electron chi connectivity index (χ1n) is 10.6. The van der Waals surface area contributed by atoms with Gasteiger partial charge in [-0.3, -0.25) is 9.89 Å². The van der Waals surface area contributed by atoms with Gasteiger partial charge in [0.05, 0.1) is 23.0 Å². The lowest BCUT2D eigenvalue weighted by atomic mass is 9.71. The molecule has 0 aliphatic carbocycles. The molecule has 5 rings (SSSR count). The molecular weight excluding hydrogens is 386 g/mol. The fraction of sp³-hybridized carbons (Fsp3) is 0.320. The Kier molecular flexibility index (Phi) is 4.37. The summed E-state index contributed by atoms with van der Waals surface area (Å²) in [7, 11) is 0. The smallest absolute Gasteiger partial charge is 0.246 e. The van der Waals surface area contributed by atoms with Gasteiger partial charge in [-0.25, -0.2) is 0 Å². The fourth-order valence-electron chi connectivity index (χ4n) is 5.40. The van der Waals surface area contributed by atoms with E-state index in [-0.39, 0.29) is 17.4 Å². The summed E-state index contributed by atoms with van der Waals surface area (Å²) in [6, 6.07) is 12.9. The highest BCUT2D eigenvalue weighted by atomic mass is 16.2. The number of fused-ring (bicyclic) bond motifs is 1. The van der Waals surface area contributed by atoms with Gasteiger partial charge in [0, 0.05) is 42.0 Å². The van der Waals surface area contributed by atoms with Crippen LogP contribution in [0.15, 0.2) is 49.2 Å². The number of hydrogen-bond acceptors (Lipinski definition) is 4. The zero-order valence-corrected chi connectivity index (χ0v) is 17.9. The number of likely N-dealkylation sites (tertiary alicyclic amines) is 1. The third-order valence-electron chi connectivity index (χ3n) is 7.28. The van der Waals surface area contributed by atoms with Gasteiger partial charge in [0.1, 0.15) is 6.07 Å². The number of aromatic nitrogens is 2. The molecule has 1 amide bonds. The molecule has 3 aromatic rings. The monoisotopic (exact) mass is 411 g/mol. The van der Waals surface area contributed by atoms with Gasteiger partial charge in [-0.15, -0.1) is 0 Å². The number of carbonyl (C=O) groups excluding carboxylic acids is 1. The minimum Gasteiger partial charge on any atom is -0.370 e. The molecule has 0 radical (unpaired) electrons. The highest BCUT2D eigenvalue weighted by molar-refractivity contribution is 5.98. The zero-order valence-electron chi connectivity index (χ0n) is 17.9. The van der Waals surface area contributed by atoms with Gasteiger partial charge in [-0.1, -0.05) is 24.8 Å². The normalized spacial score (nSPS) is 22.5. The molecule has 2 unspecified atom stereocenters. The van der Waals surface area contributed by atoms with E-state index in [1.54, 1.807) is 0 Å². The summed E-state index contributed by atoms with van der Waals surface area (Å²) in [5.41, 5.74) is 5.83. The van der Waals surface area contributed by atoms with Crippen molar-refractivity contribution in [3.05, 3.63) is 60.3 Å². The molecule has 6 nitrogen and oxygen atoms in total. The second-order valence-corrected chi connectivity index (χ2v) is 8.78. The van der Waals surface area contributed by atoms with Crippen molar-refractivity contribution >= 4 is 22.5 Å². The van der Waals surface area contributed by atoms with Gasteiger partial charge in [-0.2, -0.15) is 10.4 Å². The summed E-state index contributed by atoms with van der Waals surface area (Å²) in [6.45, 7) is 10.3. The van der Waals surface area contributed by atoms with E-state index < -0.39 is 0 Å². The van der Waals surface area contributed by atoms with E-state index in [0.717, 1.165) is 59.3 Å². The molecule has 3 heterocycles. The summed E-state index contributed by atoms with van der Waals surface area (Å²) in [5, 5.41) is 18.4. The third kappa shape index (κ3) is 2.77. The second kappa shape index (κ2) is 6.98. The minimum absolute atomic E-state index is 0.0000295. The highest BCUT2D eigenvalue weighted by Gasteiger charge is 2.54. The Morgan fingerprint density at radius 2 is 2.19 bits per heavy atom. The molecule has 2 aromatic carbocycles. The van der Waals surface area contributed by atoms with Crippen molar-refractivity contribution in [1.82, 2.24) is 15.1 Å². The molecule has 6 heteroatoms. The van der Waals surface area contributed by atoms with Crippen molar-refractivity contribution in [2.24, 2.45) is 5.41 Å². The van der Waals surface area contributed by atoms with Crippen LogP contribution in [0.3, 0.4) is 0 Å². The molecule has 2 atom stereocenters. The average molecular weight is 412 g/mol. The number of benzene rings is 2. The maximum absolute atomic E-state index is 12.1. The molecule has 2 saturated heterocycles. The average Bonchev–Trinajstić information content (AvgIpc) is 3.45. The molecule has 31 heavy (non-hydrogen) atoms. The number of H-pyrrole nitrogens is 1. The van der Waals surface area contributed by atoms with Crippen LogP contribution in [0.1, 0.15) is 24.5 Å². The molecule has 2 fully saturated rings. The van der Waals surface area contributed by atoms with Crippen molar-refractivity contribution in [3.63, 3.8) is 0 Å². The first kappa shape index (κ1) is 19.4. The number of aromatic amines is 1. The summed E-state index contributed by atoms with van der Waals surface area (Å²) in [6.07, 6.45) is 4.24.